The number of halogens is 2. The van der Waals surface area contributed by atoms with E-state index in [-0.39, 0.29) is 41.6 Å². The average molecular weight is 533 g/mol. The molecule has 4 N–H and O–H groups in total. The number of fused-ring (bicyclic) bond motifs is 1. The van der Waals surface area contributed by atoms with Crippen molar-refractivity contribution in [3.8, 4) is 0 Å². The fraction of sp³-hybridized carbons (Fsp3) is 0.300. The van der Waals surface area contributed by atoms with E-state index in [0.29, 0.717) is 22.9 Å². The molecule has 9 heteroatoms. The molecule has 39 heavy (non-hydrogen) atoms. The summed E-state index contributed by atoms with van der Waals surface area (Å²) in [6.45, 7) is 1.92. The Balaban J connectivity index is 1.56. The number of amides is 3. The third-order valence-corrected chi connectivity index (χ3v) is 7.41. The van der Waals surface area contributed by atoms with Crippen LogP contribution in [0.25, 0.3) is 0 Å². The molecule has 3 aromatic carbocycles. The van der Waals surface area contributed by atoms with E-state index < -0.39 is 23.6 Å². The first-order valence-electron chi connectivity index (χ1n) is 13.1. The highest BCUT2D eigenvalue weighted by Crippen LogP contribution is 2.40. The first kappa shape index (κ1) is 26.5. The second-order valence-corrected chi connectivity index (χ2v) is 10.3. The molecule has 1 aliphatic heterocycles. The Hall–Kier alpha value is -4.11. The van der Waals surface area contributed by atoms with Gasteiger partial charge in [-0.15, -0.1) is 0 Å². The summed E-state index contributed by atoms with van der Waals surface area (Å²) in [5.74, 6) is -3.15. The predicted molar refractivity (Wildman–Crippen MR) is 144 cm³/mol. The van der Waals surface area contributed by atoms with E-state index in [1.807, 2.05) is 31.2 Å². The van der Waals surface area contributed by atoms with E-state index in [4.69, 9.17) is 5.73 Å². The van der Waals surface area contributed by atoms with Crippen molar-refractivity contribution in [2.45, 2.75) is 57.2 Å². The van der Waals surface area contributed by atoms with Crippen molar-refractivity contribution in [3.63, 3.8) is 0 Å². The van der Waals surface area contributed by atoms with Gasteiger partial charge in [0, 0.05) is 29.3 Å². The zero-order valence-electron chi connectivity index (χ0n) is 21.5. The number of aryl methyl sites for hydroxylation is 1. The van der Waals surface area contributed by atoms with E-state index in [0.717, 1.165) is 43.4 Å². The molecule has 0 saturated heterocycles. The lowest BCUT2D eigenvalue weighted by Gasteiger charge is -2.31. The Bertz CT molecular complexity index is 1410. The van der Waals surface area contributed by atoms with E-state index in [1.165, 1.54) is 11.0 Å². The maximum Gasteiger partial charge on any atom is 0.259 e. The molecule has 3 unspecified atom stereocenters. The molecule has 1 heterocycles. The van der Waals surface area contributed by atoms with E-state index in [1.54, 1.807) is 12.1 Å². The monoisotopic (exact) mass is 532 g/mol. The van der Waals surface area contributed by atoms with Gasteiger partial charge in [-0.05, 0) is 55.7 Å². The van der Waals surface area contributed by atoms with Crippen LogP contribution < -0.4 is 21.3 Å². The van der Waals surface area contributed by atoms with Crippen molar-refractivity contribution in [2.24, 2.45) is 5.73 Å². The maximum atomic E-state index is 14.1. The minimum Gasteiger partial charge on any atom is -0.348 e. The summed E-state index contributed by atoms with van der Waals surface area (Å²) in [5, 5.41) is 5.80. The number of carbonyl (C=O) groups is 3. The number of benzene rings is 3. The lowest BCUT2D eigenvalue weighted by Crippen LogP contribution is -2.49. The van der Waals surface area contributed by atoms with Crippen LogP contribution in [-0.4, -0.2) is 29.8 Å². The predicted octanol–water partition coefficient (Wildman–Crippen LogP) is 5.00. The second-order valence-electron chi connectivity index (χ2n) is 10.3. The Morgan fingerprint density at radius 1 is 0.949 bits per heavy atom. The maximum absolute atomic E-state index is 14.1. The summed E-state index contributed by atoms with van der Waals surface area (Å²) in [7, 11) is 0. The molecular formula is C30H30F2N4O3. The van der Waals surface area contributed by atoms with Gasteiger partial charge in [-0.3, -0.25) is 19.3 Å². The van der Waals surface area contributed by atoms with Gasteiger partial charge in [0.2, 0.25) is 5.91 Å². The van der Waals surface area contributed by atoms with Crippen molar-refractivity contribution >= 4 is 29.1 Å². The summed E-state index contributed by atoms with van der Waals surface area (Å²) >= 11 is 0. The SMILES string of the molecule is Cc1ccc(C2CC(=O)Nc3cc(C(=O)NC4CCCCC4N)ccc3N2C(=O)c2cc(F)cc(F)c2)cc1. The molecule has 7 nitrogen and oxygen atoms in total. The molecule has 1 saturated carbocycles. The summed E-state index contributed by atoms with van der Waals surface area (Å²) < 4.78 is 28.2. The van der Waals surface area contributed by atoms with Gasteiger partial charge >= 0.3 is 0 Å². The van der Waals surface area contributed by atoms with Crippen molar-refractivity contribution in [1.82, 2.24) is 5.32 Å². The Kier molecular flexibility index (Phi) is 7.43. The van der Waals surface area contributed by atoms with Crippen molar-refractivity contribution in [2.75, 3.05) is 10.2 Å². The molecule has 3 amide bonds. The third kappa shape index (κ3) is 5.68. The van der Waals surface area contributed by atoms with Crippen LogP contribution in [0.5, 0.6) is 0 Å². The quantitative estimate of drug-likeness (QED) is 0.440. The van der Waals surface area contributed by atoms with E-state index in [2.05, 4.69) is 10.6 Å². The van der Waals surface area contributed by atoms with Gasteiger partial charge in [0.05, 0.1) is 23.8 Å². The van der Waals surface area contributed by atoms with Gasteiger partial charge in [-0.1, -0.05) is 42.7 Å². The lowest BCUT2D eigenvalue weighted by atomic mass is 9.91. The van der Waals surface area contributed by atoms with Crippen LogP contribution in [-0.2, 0) is 4.79 Å². The number of carbonyl (C=O) groups excluding carboxylic acids is 3. The fourth-order valence-electron chi connectivity index (χ4n) is 5.34. The Labute approximate surface area is 225 Å². The molecular weight excluding hydrogens is 502 g/mol. The molecule has 1 fully saturated rings. The summed E-state index contributed by atoms with van der Waals surface area (Å²) in [6, 6.07) is 13.6. The van der Waals surface area contributed by atoms with Crippen LogP contribution in [0.15, 0.2) is 60.7 Å². The molecule has 2 aliphatic rings. The van der Waals surface area contributed by atoms with Crippen LogP contribution in [0.4, 0.5) is 20.2 Å². The zero-order valence-corrected chi connectivity index (χ0v) is 21.5. The van der Waals surface area contributed by atoms with Gasteiger partial charge in [0.15, 0.2) is 0 Å². The van der Waals surface area contributed by atoms with E-state index >= 15 is 0 Å². The van der Waals surface area contributed by atoms with Crippen molar-refractivity contribution in [1.29, 1.82) is 0 Å². The summed E-state index contributed by atoms with van der Waals surface area (Å²) in [4.78, 5) is 41.4. The standard InChI is InChI=1S/C30H30F2N4O3/c1-17-6-8-18(9-7-17)27-16-28(37)34-25-14-19(29(38)35-24-5-3-2-4-23(24)33)10-11-26(25)36(27)30(39)20-12-21(31)15-22(32)13-20/h6-15,23-24,27H,2-5,16,33H2,1H3,(H,34,37)(H,35,38). The Morgan fingerprint density at radius 2 is 1.64 bits per heavy atom. The number of hydrogen-bond acceptors (Lipinski definition) is 4. The second kappa shape index (κ2) is 10.9. The minimum absolute atomic E-state index is 0.0975. The average Bonchev–Trinajstić information content (AvgIpc) is 3.04. The molecule has 1 aliphatic carbocycles. The molecule has 5 rings (SSSR count). The molecule has 3 aromatic rings. The van der Waals surface area contributed by atoms with Crippen LogP contribution in [0.3, 0.4) is 0 Å². The number of rotatable bonds is 4. The van der Waals surface area contributed by atoms with Crippen molar-refractivity contribution in [3.05, 3.63) is 94.6 Å². The lowest BCUT2D eigenvalue weighted by molar-refractivity contribution is -0.116. The summed E-state index contributed by atoms with van der Waals surface area (Å²) in [6.07, 6.45) is 3.54. The van der Waals surface area contributed by atoms with Gasteiger partial charge in [-0.2, -0.15) is 0 Å². The number of nitrogens with zero attached hydrogens (tertiary/aromatic N) is 1. The van der Waals surface area contributed by atoms with Gasteiger partial charge < -0.3 is 16.4 Å². The molecule has 0 spiro atoms. The highest BCUT2D eigenvalue weighted by Gasteiger charge is 2.35. The zero-order chi connectivity index (χ0) is 27.7. The van der Waals surface area contributed by atoms with Crippen molar-refractivity contribution < 1.29 is 23.2 Å². The molecule has 3 atom stereocenters. The molecule has 0 bridgehead atoms. The van der Waals surface area contributed by atoms with E-state index in [9.17, 15) is 23.2 Å². The van der Waals surface area contributed by atoms with Crippen LogP contribution in [0, 0.1) is 18.6 Å². The van der Waals surface area contributed by atoms with Gasteiger partial charge in [-0.25, -0.2) is 8.78 Å². The largest absolute Gasteiger partial charge is 0.348 e. The normalized spacial score (nSPS) is 21.0. The number of hydrogen-bond donors (Lipinski definition) is 3. The minimum atomic E-state index is -0.887. The summed E-state index contributed by atoms with van der Waals surface area (Å²) in [5.41, 5.74) is 8.53. The van der Waals surface area contributed by atoms with Gasteiger partial charge in [0.25, 0.3) is 11.8 Å². The number of anilines is 2. The number of nitrogens with two attached hydrogens (primary N) is 1. The van der Waals surface area contributed by atoms with Crippen LogP contribution >= 0.6 is 0 Å². The van der Waals surface area contributed by atoms with Gasteiger partial charge in [0.1, 0.15) is 11.6 Å². The highest BCUT2D eigenvalue weighted by atomic mass is 19.1. The highest BCUT2D eigenvalue weighted by molar-refractivity contribution is 6.12. The van der Waals surface area contributed by atoms with Crippen LogP contribution in [0.2, 0.25) is 0 Å². The topological polar surface area (TPSA) is 105 Å². The van der Waals surface area contributed by atoms with Crippen LogP contribution in [0.1, 0.15) is 70.0 Å². The number of nitrogens with one attached hydrogen (secondary N) is 2. The third-order valence-electron chi connectivity index (χ3n) is 7.41. The smallest absolute Gasteiger partial charge is 0.259 e. The molecule has 0 aromatic heterocycles. The Morgan fingerprint density at radius 3 is 2.33 bits per heavy atom. The first-order chi connectivity index (χ1) is 18.7. The first-order valence-corrected chi connectivity index (χ1v) is 13.1. The molecule has 0 radical (unpaired) electrons. The fourth-order valence-corrected chi connectivity index (χ4v) is 5.34. The molecule has 202 valence electrons.